The van der Waals surface area contributed by atoms with Crippen LogP contribution in [0.2, 0.25) is 0 Å². The van der Waals surface area contributed by atoms with Gasteiger partial charge in [-0.2, -0.15) is 0 Å². The lowest BCUT2D eigenvalue weighted by Crippen LogP contribution is -2.29. The third-order valence-electron chi connectivity index (χ3n) is 2.98. The van der Waals surface area contributed by atoms with Crippen molar-refractivity contribution in [3.63, 3.8) is 0 Å². The van der Waals surface area contributed by atoms with Gasteiger partial charge in [-0.1, -0.05) is 11.8 Å². The maximum absolute atomic E-state index is 11.9. The molecule has 1 fully saturated rings. The summed E-state index contributed by atoms with van der Waals surface area (Å²) in [6, 6.07) is 1.35. The number of rotatable bonds is 4. The standard InChI is InChI=1S/C12H15N3O3S/c13-10-8(12(17)18)3-4-14-11(10)19-7-9(16)15-5-1-2-6-15/h3-4H,1-2,5-7,13H2,(H,17,18). The first-order valence-corrected chi connectivity index (χ1v) is 6.96. The minimum Gasteiger partial charge on any atom is -0.478 e. The summed E-state index contributed by atoms with van der Waals surface area (Å²) >= 11 is 1.18. The van der Waals surface area contributed by atoms with E-state index in [0.717, 1.165) is 25.9 Å². The van der Waals surface area contributed by atoms with Crippen molar-refractivity contribution in [3.8, 4) is 0 Å². The van der Waals surface area contributed by atoms with Crippen LogP contribution >= 0.6 is 11.8 Å². The van der Waals surface area contributed by atoms with Crippen LogP contribution in [0.3, 0.4) is 0 Å². The average Bonchev–Trinajstić information content (AvgIpc) is 2.90. The number of nitrogens with two attached hydrogens (primary N) is 1. The molecule has 1 aromatic heterocycles. The number of pyridine rings is 1. The number of hydrogen-bond acceptors (Lipinski definition) is 5. The lowest BCUT2D eigenvalue weighted by atomic mass is 10.2. The topological polar surface area (TPSA) is 96.5 Å². The van der Waals surface area contributed by atoms with Crippen molar-refractivity contribution in [1.82, 2.24) is 9.88 Å². The minimum atomic E-state index is -1.09. The van der Waals surface area contributed by atoms with Crippen LogP contribution in [-0.2, 0) is 4.79 Å². The fourth-order valence-electron chi connectivity index (χ4n) is 1.94. The van der Waals surface area contributed by atoms with E-state index in [1.54, 1.807) is 0 Å². The molecule has 2 rings (SSSR count). The summed E-state index contributed by atoms with van der Waals surface area (Å²) < 4.78 is 0. The van der Waals surface area contributed by atoms with Gasteiger partial charge in [0.1, 0.15) is 5.03 Å². The summed E-state index contributed by atoms with van der Waals surface area (Å²) in [5, 5.41) is 9.34. The monoisotopic (exact) mass is 281 g/mol. The highest BCUT2D eigenvalue weighted by molar-refractivity contribution is 8.00. The fraction of sp³-hybridized carbons (Fsp3) is 0.417. The molecule has 1 amide bonds. The number of aromatic carboxylic acids is 1. The highest BCUT2D eigenvalue weighted by Crippen LogP contribution is 2.26. The number of amides is 1. The summed E-state index contributed by atoms with van der Waals surface area (Å²) in [5.74, 6) is -0.808. The number of carboxylic acids is 1. The van der Waals surface area contributed by atoms with Gasteiger partial charge in [-0.25, -0.2) is 9.78 Å². The number of carbonyl (C=O) groups excluding carboxylic acids is 1. The normalized spacial score (nSPS) is 14.6. The summed E-state index contributed by atoms with van der Waals surface area (Å²) in [5.41, 5.74) is 5.87. The first-order valence-electron chi connectivity index (χ1n) is 5.98. The number of thioether (sulfide) groups is 1. The molecule has 0 radical (unpaired) electrons. The minimum absolute atomic E-state index is 0.0196. The van der Waals surface area contributed by atoms with Crippen molar-refractivity contribution in [1.29, 1.82) is 0 Å². The molecule has 0 saturated carbocycles. The highest BCUT2D eigenvalue weighted by Gasteiger charge is 2.19. The number of nitrogen functional groups attached to an aromatic ring is 1. The maximum atomic E-state index is 11.9. The van der Waals surface area contributed by atoms with Gasteiger partial charge in [0.15, 0.2) is 0 Å². The number of anilines is 1. The van der Waals surface area contributed by atoms with E-state index < -0.39 is 5.97 Å². The van der Waals surface area contributed by atoms with Crippen LogP contribution in [0.4, 0.5) is 5.69 Å². The molecule has 3 N–H and O–H groups in total. The number of likely N-dealkylation sites (tertiary alicyclic amines) is 1. The van der Waals surface area contributed by atoms with E-state index >= 15 is 0 Å². The molecule has 1 aromatic rings. The zero-order valence-electron chi connectivity index (χ0n) is 10.3. The molecule has 2 heterocycles. The van der Waals surface area contributed by atoms with Gasteiger partial charge in [0, 0.05) is 19.3 Å². The fourth-order valence-corrected chi connectivity index (χ4v) is 2.79. The summed E-state index contributed by atoms with van der Waals surface area (Å²) in [7, 11) is 0. The van der Waals surface area contributed by atoms with E-state index in [9.17, 15) is 9.59 Å². The second kappa shape index (κ2) is 5.92. The second-order valence-electron chi connectivity index (χ2n) is 4.26. The van der Waals surface area contributed by atoms with Crippen molar-refractivity contribution < 1.29 is 14.7 Å². The molecule has 0 aromatic carbocycles. The summed E-state index contributed by atoms with van der Waals surface area (Å²) in [4.78, 5) is 28.6. The van der Waals surface area contributed by atoms with Crippen molar-refractivity contribution in [3.05, 3.63) is 17.8 Å². The first-order chi connectivity index (χ1) is 9.09. The Morgan fingerprint density at radius 2 is 2.11 bits per heavy atom. The Kier molecular flexibility index (Phi) is 4.26. The van der Waals surface area contributed by atoms with Gasteiger partial charge in [0.25, 0.3) is 0 Å². The van der Waals surface area contributed by atoms with Gasteiger partial charge in [-0.05, 0) is 18.9 Å². The molecule has 102 valence electrons. The molecule has 0 spiro atoms. The predicted molar refractivity (Wildman–Crippen MR) is 72.1 cm³/mol. The van der Waals surface area contributed by atoms with Gasteiger partial charge < -0.3 is 15.7 Å². The number of hydrogen-bond donors (Lipinski definition) is 2. The van der Waals surface area contributed by atoms with Crippen LogP contribution in [0.25, 0.3) is 0 Å². The first kappa shape index (κ1) is 13.7. The Morgan fingerprint density at radius 3 is 2.74 bits per heavy atom. The Morgan fingerprint density at radius 1 is 1.42 bits per heavy atom. The SMILES string of the molecule is Nc1c(C(=O)O)ccnc1SCC(=O)N1CCCC1. The van der Waals surface area contributed by atoms with Gasteiger partial charge in [0.05, 0.1) is 17.0 Å². The smallest absolute Gasteiger partial charge is 0.337 e. The molecule has 1 saturated heterocycles. The Bertz CT molecular complexity index is 501. The molecule has 0 aliphatic carbocycles. The average molecular weight is 281 g/mol. The van der Waals surface area contributed by atoms with Crippen molar-refractivity contribution in [2.75, 3.05) is 24.6 Å². The van der Waals surface area contributed by atoms with E-state index in [4.69, 9.17) is 10.8 Å². The van der Waals surface area contributed by atoms with Crippen molar-refractivity contribution in [2.45, 2.75) is 17.9 Å². The molecule has 7 heteroatoms. The number of carboxylic acid groups (broad SMARTS) is 1. The molecule has 6 nitrogen and oxygen atoms in total. The highest BCUT2D eigenvalue weighted by atomic mass is 32.2. The lowest BCUT2D eigenvalue weighted by molar-refractivity contribution is -0.127. The van der Waals surface area contributed by atoms with Crippen LogP contribution < -0.4 is 5.73 Å². The van der Waals surface area contributed by atoms with Gasteiger partial charge in [-0.3, -0.25) is 4.79 Å². The zero-order valence-corrected chi connectivity index (χ0v) is 11.2. The molecule has 0 atom stereocenters. The van der Waals surface area contributed by atoms with Crippen LogP contribution in [0, 0.1) is 0 Å². The van der Waals surface area contributed by atoms with Gasteiger partial charge >= 0.3 is 5.97 Å². The van der Waals surface area contributed by atoms with Gasteiger partial charge in [-0.15, -0.1) is 0 Å². The third-order valence-corrected chi connectivity index (χ3v) is 3.97. The molecule has 0 bridgehead atoms. The third kappa shape index (κ3) is 3.17. The van der Waals surface area contributed by atoms with E-state index in [1.165, 1.54) is 24.0 Å². The number of carbonyl (C=O) groups is 2. The lowest BCUT2D eigenvalue weighted by Gasteiger charge is -2.14. The van der Waals surface area contributed by atoms with E-state index in [0.29, 0.717) is 5.03 Å². The Balaban J connectivity index is 2.01. The number of aromatic nitrogens is 1. The van der Waals surface area contributed by atoms with Crippen LogP contribution in [0.1, 0.15) is 23.2 Å². The molecule has 19 heavy (non-hydrogen) atoms. The maximum Gasteiger partial charge on any atom is 0.337 e. The Hall–Kier alpha value is -1.76. The second-order valence-corrected chi connectivity index (χ2v) is 5.22. The van der Waals surface area contributed by atoms with Crippen LogP contribution in [0.15, 0.2) is 17.3 Å². The van der Waals surface area contributed by atoms with Crippen molar-refractivity contribution in [2.24, 2.45) is 0 Å². The largest absolute Gasteiger partial charge is 0.478 e. The predicted octanol–water partition coefficient (Wildman–Crippen LogP) is 1.08. The van der Waals surface area contributed by atoms with E-state index in [1.807, 2.05) is 4.90 Å². The molecular formula is C12H15N3O3S. The zero-order chi connectivity index (χ0) is 13.8. The Labute approximate surface area is 115 Å². The molecular weight excluding hydrogens is 266 g/mol. The number of nitrogens with zero attached hydrogens (tertiary/aromatic N) is 2. The molecule has 0 unspecified atom stereocenters. The van der Waals surface area contributed by atoms with Crippen LogP contribution in [-0.4, -0.2) is 45.7 Å². The summed E-state index contributed by atoms with van der Waals surface area (Å²) in [6.07, 6.45) is 3.49. The van der Waals surface area contributed by atoms with E-state index in [-0.39, 0.29) is 22.9 Å². The molecule has 1 aliphatic rings. The van der Waals surface area contributed by atoms with Crippen molar-refractivity contribution >= 4 is 29.3 Å². The summed E-state index contributed by atoms with van der Waals surface area (Å²) in [6.45, 7) is 1.61. The van der Waals surface area contributed by atoms with Crippen LogP contribution in [0.5, 0.6) is 0 Å². The van der Waals surface area contributed by atoms with Gasteiger partial charge in [0.2, 0.25) is 5.91 Å². The quantitative estimate of drug-likeness (QED) is 0.802. The molecule has 1 aliphatic heterocycles. The van der Waals surface area contributed by atoms with E-state index in [2.05, 4.69) is 4.98 Å².